The van der Waals surface area contributed by atoms with E-state index in [0.29, 0.717) is 23.4 Å². The van der Waals surface area contributed by atoms with Gasteiger partial charge in [-0.05, 0) is 45.0 Å². The van der Waals surface area contributed by atoms with E-state index in [-0.39, 0.29) is 5.97 Å². The number of hydrogen-bond donors (Lipinski definition) is 0. The number of esters is 1. The zero-order valence-corrected chi connectivity index (χ0v) is 13.4. The lowest BCUT2D eigenvalue weighted by atomic mass is 10.1. The second-order valence-corrected chi connectivity index (χ2v) is 5.49. The summed E-state index contributed by atoms with van der Waals surface area (Å²) in [6.45, 7) is 6.30. The normalized spacial score (nSPS) is 11.0. The summed E-state index contributed by atoms with van der Waals surface area (Å²) in [5.41, 5.74) is 2.13. The van der Waals surface area contributed by atoms with Crippen LogP contribution < -0.4 is 4.90 Å². The first-order chi connectivity index (χ1) is 9.93. The highest BCUT2D eigenvalue weighted by Gasteiger charge is 2.13. The van der Waals surface area contributed by atoms with Gasteiger partial charge in [-0.1, -0.05) is 11.6 Å². The first-order valence-corrected chi connectivity index (χ1v) is 7.32. The van der Waals surface area contributed by atoms with E-state index >= 15 is 0 Å². The molecule has 1 aromatic carbocycles. The third-order valence-corrected chi connectivity index (χ3v) is 3.69. The second-order valence-electron chi connectivity index (χ2n) is 5.13. The molecule has 0 saturated heterocycles. The minimum atomic E-state index is -0.326. The molecule has 112 valence electrons. The lowest BCUT2D eigenvalue weighted by molar-refractivity contribution is 0.0526. The number of benzene rings is 1. The molecule has 0 spiro atoms. The van der Waals surface area contributed by atoms with Crippen LogP contribution in [0.4, 0.5) is 5.69 Å². The van der Waals surface area contributed by atoms with Crippen molar-refractivity contribution in [1.82, 2.24) is 4.98 Å². The summed E-state index contributed by atoms with van der Waals surface area (Å²) in [6, 6.07) is 7.53. The van der Waals surface area contributed by atoms with Crippen LogP contribution in [-0.2, 0) is 4.74 Å². The third kappa shape index (κ3) is 3.27. The number of hydrogen-bond acceptors (Lipinski definition) is 4. The van der Waals surface area contributed by atoms with Gasteiger partial charge in [-0.2, -0.15) is 0 Å². The molecule has 2 rings (SSSR count). The maximum atomic E-state index is 11.8. The van der Waals surface area contributed by atoms with Gasteiger partial charge in [0.2, 0.25) is 0 Å². The number of aromatic nitrogens is 1. The van der Waals surface area contributed by atoms with Crippen LogP contribution in [0, 0.1) is 0 Å². The molecule has 0 N–H and O–H groups in total. The number of nitrogens with zero attached hydrogens (tertiary/aromatic N) is 2. The van der Waals surface area contributed by atoms with Gasteiger partial charge in [-0.25, -0.2) is 9.78 Å². The number of ether oxygens (including phenoxy) is 1. The van der Waals surface area contributed by atoms with E-state index in [1.807, 2.05) is 18.0 Å². The molecular formula is C16H19ClN2O2. The highest BCUT2D eigenvalue weighted by Crippen LogP contribution is 2.29. The predicted molar refractivity (Wildman–Crippen MR) is 86.2 cm³/mol. The van der Waals surface area contributed by atoms with Crippen LogP contribution in [0.15, 0.2) is 24.3 Å². The van der Waals surface area contributed by atoms with Gasteiger partial charge in [0.05, 0.1) is 23.4 Å². The van der Waals surface area contributed by atoms with Gasteiger partial charge in [0.1, 0.15) is 0 Å². The van der Waals surface area contributed by atoms with Crippen LogP contribution in [-0.4, -0.2) is 30.6 Å². The Hall–Kier alpha value is -1.81. The number of carbonyl (C=O) groups is 1. The van der Waals surface area contributed by atoms with Gasteiger partial charge in [0.25, 0.3) is 0 Å². The Morgan fingerprint density at radius 3 is 2.71 bits per heavy atom. The lowest BCUT2D eigenvalue weighted by Crippen LogP contribution is -2.26. The van der Waals surface area contributed by atoms with E-state index < -0.39 is 0 Å². The van der Waals surface area contributed by atoms with E-state index in [1.54, 1.807) is 25.1 Å². The van der Waals surface area contributed by atoms with E-state index in [2.05, 4.69) is 18.8 Å². The molecule has 0 aliphatic carbocycles. The molecule has 0 aliphatic heterocycles. The fourth-order valence-electron chi connectivity index (χ4n) is 2.01. The molecule has 0 amide bonds. The van der Waals surface area contributed by atoms with Gasteiger partial charge in [-0.3, -0.25) is 0 Å². The first-order valence-electron chi connectivity index (χ1n) is 6.94. The van der Waals surface area contributed by atoms with Crippen LogP contribution in [0.25, 0.3) is 10.9 Å². The molecule has 0 aliphatic rings. The fraction of sp³-hybridized carbons (Fsp3) is 0.375. The molecule has 0 saturated carbocycles. The van der Waals surface area contributed by atoms with Crippen molar-refractivity contribution in [3.63, 3.8) is 0 Å². The van der Waals surface area contributed by atoms with Crippen molar-refractivity contribution >= 4 is 34.2 Å². The van der Waals surface area contributed by atoms with Gasteiger partial charge < -0.3 is 9.64 Å². The highest BCUT2D eigenvalue weighted by molar-refractivity contribution is 6.32. The molecule has 0 atom stereocenters. The van der Waals surface area contributed by atoms with Gasteiger partial charge in [0, 0.05) is 18.5 Å². The second kappa shape index (κ2) is 6.31. The molecule has 5 heteroatoms. The van der Waals surface area contributed by atoms with Gasteiger partial charge in [-0.15, -0.1) is 0 Å². The molecule has 1 heterocycles. The Labute approximate surface area is 129 Å². The predicted octanol–water partition coefficient (Wildman–Crippen LogP) is 3.91. The SMILES string of the molecule is CCOC(=O)c1ccc2nc(Cl)c(N(C)C(C)C)cc2c1. The summed E-state index contributed by atoms with van der Waals surface area (Å²) in [5.74, 6) is -0.326. The molecule has 4 nitrogen and oxygen atoms in total. The number of pyridine rings is 1. The van der Waals surface area contributed by atoms with Crippen molar-refractivity contribution in [2.24, 2.45) is 0 Å². The molecule has 1 aromatic heterocycles. The Balaban J connectivity index is 2.50. The zero-order chi connectivity index (χ0) is 15.6. The number of fused-ring (bicyclic) bond motifs is 1. The minimum absolute atomic E-state index is 0.301. The minimum Gasteiger partial charge on any atom is -0.462 e. The summed E-state index contributed by atoms with van der Waals surface area (Å²) in [7, 11) is 1.97. The van der Waals surface area contributed by atoms with E-state index in [1.165, 1.54) is 0 Å². The van der Waals surface area contributed by atoms with E-state index in [4.69, 9.17) is 16.3 Å². The van der Waals surface area contributed by atoms with Gasteiger partial charge >= 0.3 is 5.97 Å². The third-order valence-electron chi connectivity index (χ3n) is 3.42. The molecule has 21 heavy (non-hydrogen) atoms. The van der Waals surface area contributed by atoms with Gasteiger partial charge in [0.15, 0.2) is 5.15 Å². The number of rotatable bonds is 4. The highest BCUT2D eigenvalue weighted by atomic mass is 35.5. The molecule has 0 radical (unpaired) electrons. The molecule has 0 bridgehead atoms. The van der Waals surface area contributed by atoms with Crippen molar-refractivity contribution < 1.29 is 9.53 Å². The fourth-order valence-corrected chi connectivity index (χ4v) is 2.29. The Morgan fingerprint density at radius 2 is 2.10 bits per heavy atom. The largest absolute Gasteiger partial charge is 0.462 e. The standard InChI is InChI=1S/C16H19ClN2O2/c1-5-21-16(20)11-6-7-13-12(8-11)9-14(15(17)18-13)19(4)10(2)3/h6-10H,5H2,1-4H3. The van der Waals surface area contributed by atoms with Crippen LogP contribution in [0.2, 0.25) is 5.15 Å². The van der Waals surface area contributed by atoms with Crippen LogP contribution in [0.3, 0.4) is 0 Å². The average Bonchev–Trinajstić information content (AvgIpc) is 2.45. The smallest absolute Gasteiger partial charge is 0.338 e. The quantitative estimate of drug-likeness (QED) is 0.634. The van der Waals surface area contributed by atoms with Crippen molar-refractivity contribution in [3.05, 3.63) is 35.0 Å². The van der Waals surface area contributed by atoms with Crippen molar-refractivity contribution in [2.45, 2.75) is 26.8 Å². The van der Waals surface area contributed by atoms with Crippen LogP contribution in [0.5, 0.6) is 0 Å². The van der Waals surface area contributed by atoms with Crippen molar-refractivity contribution in [1.29, 1.82) is 0 Å². The first kappa shape index (κ1) is 15.6. The number of anilines is 1. The van der Waals surface area contributed by atoms with Crippen molar-refractivity contribution in [3.8, 4) is 0 Å². The summed E-state index contributed by atoms with van der Waals surface area (Å²) in [4.78, 5) is 18.2. The lowest BCUT2D eigenvalue weighted by Gasteiger charge is -2.24. The molecule has 2 aromatic rings. The van der Waals surface area contributed by atoms with E-state index in [0.717, 1.165) is 16.6 Å². The summed E-state index contributed by atoms with van der Waals surface area (Å²) < 4.78 is 5.02. The zero-order valence-electron chi connectivity index (χ0n) is 12.7. The average molecular weight is 307 g/mol. The monoisotopic (exact) mass is 306 g/mol. The Kier molecular flexibility index (Phi) is 4.68. The maximum Gasteiger partial charge on any atom is 0.338 e. The van der Waals surface area contributed by atoms with E-state index in [9.17, 15) is 4.79 Å². The Morgan fingerprint density at radius 1 is 1.38 bits per heavy atom. The number of halogens is 1. The maximum absolute atomic E-state index is 11.8. The van der Waals surface area contributed by atoms with Crippen molar-refractivity contribution in [2.75, 3.05) is 18.6 Å². The summed E-state index contributed by atoms with van der Waals surface area (Å²) in [6.07, 6.45) is 0. The van der Waals surface area contributed by atoms with Crippen LogP contribution >= 0.6 is 11.6 Å². The van der Waals surface area contributed by atoms with Crippen LogP contribution in [0.1, 0.15) is 31.1 Å². The number of carbonyl (C=O) groups excluding carboxylic acids is 1. The molecular weight excluding hydrogens is 288 g/mol. The Bertz CT molecular complexity index is 671. The molecule has 0 fully saturated rings. The summed E-state index contributed by atoms with van der Waals surface area (Å²) >= 11 is 6.25. The molecule has 0 unspecified atom stereocenters. The topological polar surface area (TPSA) is 42.4 Å². The summed E-state index contributed by atoms with van der Waals surface area (Å²) in [5, 5.41) is 1.33.